The zero-order chi connectivity index (χ0) is 16.3. The quantitative estimate of drug-likeness (QED) is 0.857. The van der Waals surface area contributed by atoms with Crippen LogP contribution in [-0.2, 0) is 16.0 Å². The van der Waals surface area contributed by atoms with Crippen LogP contribution in [0.3, 0.4) is 0 Å². The maximum absolute atomic E-state index is 12.1. The zero-order valence-corrected chi connectivity index (χ0v) is 13.4. The Balaban J connectivity index is 2.20. The number of nitrogens with one attached hydrogen (secondary N) is 1. The van der Waals surface area contributed by atoms with Gasteiger partial charge in [-0.25, -0.2) is 0 Å². The van der Waals surface area contributed by atoms with Gasteiger partial charge in [0.2, 0.25) is 5.91 Å². The van der Waals surface area contributed by atoms with Crippen molar-refractivity contribution in [3.8, 4) is 0 Å². The lowest BCUT2D eigenvalue weighted by Crippen LogP contribution is -2.40. The zero-order valence-electron chi connectivity index (χ0n) is 13.4. The highest BCUT2D eigenvalue weighted by atomic mass is 16.2. The Morgan fingerprint density at radius 2 is 2.14 bits per heavy atom. The summed E-state index contributed by atoms with van der Waals surface area (Å²) in [5.41, 5.74) is 1.36. The van der Waals surface area contributed by atoms with Crippen LogP contribution in [0.15, 0.2) is 12.3 Å². The van der Waals surface area contributed by atoms with Crippen molar-refractivity contribution < 1.29 is 14.4 Å². The number of carbonyl (C=O) groups excluding carboxylic acids is 3. The van der Waals surface area contributed by atoms with E-state index in [4.69, 9.17) is 0 Å². The van der Waals surface area contributed by atoms with E-state index < -0.39 is 0 Å². The minimum Gasteiger partial charge on any atom is -0.349 e. The predicted octanol–water partition coefficient (Wildman–Crippen LogP) is 1.16. The van der Waals surface area contributed by atoms with Gasteiger partial charge in [-0.05, 0) is 18.6 Å². The van der Waals surface area contributed by atoms with E-state index in [0.717, 1.165) is 5.56 Å². The SMILES string of the molecule is CCC(=O)Cc1cc2n(c1)C(CC(=O)N(C)CC)CNC2=O. The maximum Gasteiger partial charge on any atom is 0.267 e. The van der Waals surface area contributed by atoms with Gasteiger partial charge in [0, 0.05) is 45.6 Å². The molecule has 1 aliphatic heterocycles. The van der Waals surface area contributed by atoms with Crippen LogP contribution in [0, 0.1) is 0 Å². The molecular weight excluding hydrogens is 282 g/mol. The van der Waals surface area contributed by atoms with Gasteiger partial charge in [-0.3, -0.25) is 14.4 Å². The second-order valence-electron chi connectivity index (χ2n) is 5.69. The summed E-state index contributed by atoms with van der Waals surface area (Å²) >= 11 is 0. The van der Waals surface area contributed by atoms with Crippen LogP contribution >= 0.6 is 0 Å². The smallest absolute Gasteiger partial charge is 0.267 e. The van der Waals surface area contributed by atoms with E-state index in [1.807, 2.05) is 24.6 Å². The molecule has 0 aromatic carbocycles. The summed E-state index contributed by atoms with van der Waals surface area (Å²) in [5, 5.41) is 2.82. The van der Waals surface area contributed by atoms with E-state index >= 15 is 0 Å². The average molecular weight is 305 g/mol. The first-order valence-corrected chi connectivity index (χ1v) is 7.70. The summed E-state index contributed by atoms with van der Waals surface area (Å²) < 4.78 is 1.85. The number of hydrogen-bond acceptors (Lipinski definition) is 3. The number of amides is 2. The van der Waals surface area contributed by atoms with E-state index in [1.54, 1.807) is 18.0 Å². The van der Waals surface area contributed by atoms with Crippen molar-refractivity contribution in [2.24, 2.45) is 0 Å². The molecule has 6 nitrogen and oxygen atoms in total. The fourth-order valence-corrected chi connectivity index (χ4v) is 2.57. The fourth-order valence-electron chi connectivity index (χ4n) is 2.57. The maximum atomic E-state index is 12.1. The van der Waals surface area contributed by atoms with Gasteiger partial charge >= 0.3 is 0 Å². The van der Waals surface area contributed by atoms with Crippen molar-refractivity contribution in [2.45, 2.75) is 39.2 Å². The lowest BCUT2D eigenvalue weighted by Gasteiger charge is -2.27. The van der Waals surface area contributed by atoms with Crippen molar-refractivity contribution >= 4 is 17.6 Å². The normalized spacial score (nSPS) is 16.9. The summed E-state index contributed by atoms with van der Waals surface area (Å²) in [4.78, 5) is 37.3. The lowest BCUT2D eigenvalue weighted by molar-refractivity contribution is -0.130. The number of hydrogen-bond donors (Lipinski definition) is 1. The Labute approximate surface area is 130 Å². The number of aromatic nitrogens is 1. The molecule has 1 aromatic heterocycles. The first-order chi connectivity index (χ1) is 10.5. The van der Waals surface area contributed by atoms with Crippen LogP contribution in [0.5, 0.6) is 0 Å². The second kappa shape index (κ2) is 6.77. The topological polar surface area (TPSA) is 71.4 Å². The van der Waals surface area contributed by atoms with Gasteiger partial charge in [0.1, 0.15) is 11.5 Å². The lowest BCUT2D eigenvalue weighted by atomic mass is 10.1. The van der Waals surface area contributed by atoms with Crippen LogP contribution in [0.25, 0.3) is 0 Å². The molecule has 1 N–H and O–H groups in total. The Morgan fingerprint density at radius 1 is 1.41 bits per heavy atom. The summed E-state index contributed by atoms with van der Waals surface area (Å²) in [7, 11) is 1.77. The minimum absolute atomic E-state index is 0.0504. The Kier molecular flexibility index (Phi) is 5.00. The molecule has 0 aliphatic carbocycles. The van der Waals surface area contributed by atoms with Crippen LogP contribution in [-0.4, -0.2) is 47.2 Å². The molecule has 0 fully saturated rings. The monoisotopic (exact) mass is 305 g/mol. The molecule has 1 aliphatic rings. The number of fused-ring (bicyclic) bond motifs is 1. The third-order valence-corrected chi connectivity index (χ3v) is 4.14. The van der Waals surface area contributed by atoms with E-state index in [1.165, 1.54) is 0 Å². The summed E-state index contributed by atoms with van der Waals surface area (Å²) in [6.45, 7) is 4.85. The van der Waals surface area contributed by atoms with Gasteiger partial charge in [-0.1, -0.05) is 6.92 Å². The van der Waals surface area contributed by atoms with Gasteiger partial charge < -0.3 is 14.8 Å². The molecule has 0 spiro atoms. The number of carbonyl (C=O) groups is 3. The van der Waals surface area contributed by atoms with Crippen LogP contribution < -0.4 is 5.32 Å². The van der Waals surface area contributed by atoms with E-state index in [-0.39, 0.29) is 23.6 Å². The van der Waals surface area contributed by atoms with Gasteiger partial charge in [0.25, 0.3) is 5.91 Å². The van der Waals surface area contributed by atoms with Crippen molar-refractivity contribution in [3.05, 3.63) is 23.5 Å². The highest BCUT2D eigenvalue weighted by Gasteiger charge is 2.28. The van der Waals surface area contributed by atoms with Crippen molar-refractivity contribution in [1.82, 2.24) is 14.8 Å². The van der Waals surface area contributed by atoms with Gasteiger partial charge in [0.05, 0.1) is 6.04 Å². The van der Waals surface area contributed by atoms with Crippen molar-refractivity contribution in [2.75, 3.05) is 20.1 Å². The molecule has 120 valence electrons. The molecule has 1 atom stereocenters. The fraction of sp³-hybridized carbons (Fsp3) is 0.562. The molecule has 0 saturated carbocycles. The number of ketones is 1. The number of Topliss-reactive ketones (excluding diaryl/α,β-unsaturated/α-hetero) is 1. The molecule has 1 unspecified atom stereocenters. The molecule has 0 saturated heterocycles. The van der Waals surface area contributed by atoms with Gasteiger partial charge in [-0.2, -0.15) is 0 Å². The molecule has 2 rings (SSSR count). The van der Waals surface area contributed by atoms with Crippen LogP contribution in [0.1, 0.15) is 48.8 Å². The van der Waals surface area contributed by atoms with E-state index in [0.29, 0.717) is 38.0 Å². The predicted molar refractivity (Wildman–Crippen MR) is 82.7 cm³/mol. The standard InChI is InChI=1S/C16H23N3O3/c1-4-13(20)6-11-7-14-16(22)17-9-12(19(14)10-11)8-15(21)18(3)5-2/h7,10,12H,4-6,8-9H2,1-3H3,(H,17,22). The Morgan fingerprint density at radius 3 is 2.77 bits per heavy atom. The van der Waals surface area contributed by atoms with Crippen LogP contribution in [0.2, 0.25) is 0 Å². The average Bonchev–Trinajstić information content (AvgIpc) is 2.93. The third kappa shape index (κ3) is 3.37. The summed E-state index contributed by atoms with van der Waals surface area (Å²) in [6, 6.07) is 1.66. The van der Waals surface area contributed by atoms with Gasteiger partial charge in [-0.15, -0.1) is 0 Å². The van der Waals surface area contributed by atoms with Crippen molar-refractivity contribution in [3.63, 3.8) is 0 Å². The molecule has 22 heavy (non-hydrogen) atoms. The Hall–Kier alpha value is -2.11. The molecule has 6 heteroatoms. The van der Waals surface area contributed by atoms with Crippen LogP contribution in [0.4, 0.5) is 0 Å². The number of nitrogens with zero attached hydrogens (tertiary/aromatic N) is 2. The summed E-state index contributed by atoms with van der Waals surface area (Å²) in [6.07, 6.45) is 2.99. The third-order valence-electron chi connectivity index (χ3n) is 4.14. The first-order valence-electron chi connectivity index (χ1n) is 7.70. The highest BCUT2D eigenvalue weighted by molar-refractivity contribution is 5.94. The van der Waals surface area contributed by atoms with E-state index in [9.17, 15) is 14.4 Å². The summed E-state index contributed by atoms with van der Waals surface area (Å²) in [5.74, 6) is 0.0407. The molecule has 1 aromatic rings. The molecule has 0 bridgehead atoms. The van der Waals surface area contributed by atoms with E-state index in [2.05, 4.69) is 5.32 Å². The molecule has 2 heterocycles. The molecular formula is C16H23N3O3. The second-order valence-corrected chi connectivity index (χ2v) is 5.69. The molecule has 0 radical (unpaired) electrons. The molecule has 2 amide bonds. The largest absolute Gasteiger partial charge is 0.349 e. The minimum atomic E-state index is -0.150. The van der Waals surface area contributed by atoms with Gasteiger partial charge in [0.15, 0.2) is 0 Å². The number of rotatable bonds is 6. The van der Waals surface area contributed by atoms with Crippen molar-refractivity contribution in [1.29, 1.82) is 0 Å². The highest BCUT2D eigenvalue weighted by Crippen LogP contribution is 2.23. The Bertz CT molecular complexity index is 591. The first kappa shape index (κ1) is 16.3.